The summed E-state index contributed by atoms with van der Waals surface area (Å²) < 4.78 is 11.3. The zero-order valence-electron chi connectivity index (χ0n) is 16.2. The van der Waals surface area contributed by atoms with Gasteiger partial charge in [-0.15, -0.1) is 0 Å². The highest BCUT2D eigenvalue weighted by atomic mass is 35.5. The third-order valence-corrected chi connectivity index (χ3v) is 5.93. The van der Waals surface area contributed by atoms with Crippen molar-refractivity contribution in [1.29, 1.82) is 0 Å². The Balaban J connectivity index is 1.79. The van der Waals surface area contributed by atoms with Crippen LogP contribution in [0.1, 0.15) is 36.5 Å². The molecule has 5 heteroatoms. The number of carbonyl (C=O) groups excluding carboxylic acids is 1. The van der Waals surface area contributed by atoms with Crippen molar-refractivity contribution in [2.75, 3.05) is 6.61 Å². The summed E-state index contributed by atoms with van der Waals surface area (Å²) in [5.41, 5.74) is 4.08. The van der Waals surface area contributed by atoms with E-state index in [1.54, 1.807) is 0 Å². The summed E-state index contributed by atoms with van der Waals surface area (Å²) in [6.45, 7) is 6.33. The van der Waals surface area contributed by atoms with Gasteiger partial charge in [0.2, 0.25) is 0 Å². The highest BCUT2D eigenvalue weighted by Crippen LogP contribution is 2.45. The Morgan fingerprint density at radius 3 is 2.43 bits per heavy atom. The fourth-order valence-electron chi connectivity index (χ4n) is 4.22. The zero-order chi connectivity index (χ0) is 20.1. The predicted molar refractivity (Wildman–Crippen MR) is 109 cm³/mol. The summed E-state index contributed by atoms with van der Waals surface area (Å²) >= 11 is 6.00. The summed E-state index contributed by atoms with van der Waals surface area (Å²) in [6.07, 6.45) is 0.868. The SMILES string of the molecule is Cc1cc(-c2ccc(Cl)cc2)c(C)cc1C1=C(O)C2(CCOC(C)C2)OC1=O. The average molecular weight is 399 g/mol. The fraction of sp³-hybridized carbons (Fsp3) is 0.348. The molecule has 1 saturated heterocycles. The molecule has 0 aromatic heterocycles. The van der Waals surface area contributed by atoms with E-state index in [0.29, 0.717) is 30.0 Å². The number of halogens is 1. The molecular formula is C23H23ClO4. The number of hydrogen-bond donors (Lipinski definition) is 1. The van der Waals surface area contributed by atoms with E-state index in [2.05, 4.69) is 0 Å². The lowest BCUT2D eigenvalue weighted by molar-refractivity contribution is -0.159. The van der Waals surface area contributed by atoms with Crippen LogP contribution in [-0.2, 0) is 14.3 Å². The molecule has 0 saturated carbocycles. The second kappa shape index (κ2) is 6.94. The lowest BCUT2D eigenvalue weighted by Gasteiger charge is -2.35. The molecule has 0 aliphatic carbocycles. The first-order valence-corrected chi connectivity index (χ1v) is 9.85. The minimum Gasteiger partial charge on any atom is -0.507 e. The first kappa shape index (κ1) is 19.0. The number of ether oxygens (including phenoxy) is 2. The third-order valence-electron chi connectivity index (χ3n) is 5.68. The molecule has 4 rings (SSSR count). The zero-order valence-corrected chi connectivity index (χ0v) is 17.0. The van der Waals surface area contributed by atoms with Crippen LogP contribution in [0.25, 0.3) is 16.7 Å². The van der Waals surface area contributed by atoms with Gasteiger partial charge in [-0.05, 0) is 60.7 Å². The number of benzene rings is 2. The first-order valence-electron chi connectivity index (χ1n) is 9.47. The van der Waals surface area contributed by atoms with E-state index in [1.807, 2.05) is 57.2 Å². The molecule has 146 valence electrons. The Kier molecular flexibility index (Phi) is 4.72. The van der Waals surface area contributed by atoms with Crippen LogP contribution in [0.4, 0.5) is 0 Å². The van der Waals surface area contributed by atoms with Crippen LogP contribution in [0.5, 0.6) is 0 Å². The van der Waals surface area contributed by atoms with Crippen molar-refractivity contribution in [1.82, 2.24) is 0 Å². The molecule has 2 aliphatic heterocycles. The van der Waals surface area contributed by atoms with E-state index < -0.39 is 11.6 Å². The van der Waals surface area contributed by atoms with Crippen LogP contribution in [0, 0.1) is 13.8 Å². The van der Waals surface area contributed by atoms with E-state index in [9.17, 15) is 9.90 Å². The average Bonchev–Trinajstić information content (AvgIpc) is 2.87. The molecule has 4 nitrogen and oxygen atoms in total. The summed E-state index contributed by atoms with van der Waals surface area (Å²) in [7, 11) is 0. The van der Waals surface area contributed by atoms with Gasteiger partial charge in [0.1, 0.15) is 5.57 Å². The maximum absolute atomic E-state index is 12.7. The third kappa shape index (κ3) is 3.11. The molecule has 28 heavy (non-hydrogen) atoms. The van der Waals surface area contributed by atoms with Crippen LogP contribution in [-0.4, -0.2) is 29.4 Å². The lowest BCUT2D eigenvalue weighted by Crippen LogP contribution is -2.42. The van der Waals surface area contributed by atoms with Crippen LogP contribution < -0.4 is 0 Å². The van der Waals surface area contributed by atoms with Crippen molar-refractivity contribution in [2.45, 2.75) is 45.3 Å². The molecule has 2 aromatic rings. The van der Waals surface area contributed by atoms with Gasteiger partial charge in [0.25, 0.3) is 0 Å². The molecule has 0 radical (unpaired) electrons. The summed E-state index contributed by atoms with van der Waals surface area (Å²) in [5.74, 6) is -0.428. The van der Waals surface area contributed by atoms with Gasteiger partial charge < -0.3 is 14.6 Å². The first-order chi connectivity index (χ1) is 13.3. The van der Waals surface area contributed by atoms with Gasteiger partial charge in [0.15, 0.2) is 11.4 Å². The molecular weight excluding hydrogens is 376 g/mol. The Bertz CT molecular complexity index is 977. The molecule has 0 amide bonds. The van der Waals surface area contributed by atoms with E-state index >= 15 is 0 Å². The Morgan fingerprint density at radius 2 is 1.75 bits per heavy atom. The molecule has 2 heterocycles. The maximum atomic E-state index is 12.7. The molecule has 1 spiro atoms. The van der Waals surface area contributed by atoms with Crippen molar-refractivity contribution in [3.05, 3.63) is 63.9 Å². The van der Waals surface area contributed by atoms with Gasteiger partial charge in [-0.3, -0.25) is 0 Å². The number of esters is 1. The maximum Gasteiger partial charge on any atom is 0.343 e. The normalized spacial score (nSPS) is 24.7. The van der Waals surface area contributed by atoms with Crippen molar-refractivity contribution < 1.29 is 19.4 Å². The molecule has 2 unspecified atom stereocenters. The highest BCUT2D eigenvalue weighted by molar-refractivity contribution is 6.30. The number of aliphatic hydroxyl groups is 1. The second-order valence-electron chi connectivity index (χ2n) is 7.73. The smallest absolute Gasteiger partial charge is 0.343 e. The Labute approximate surface area is 169 Å². The van der Waals surface area contributed by atoms with E-state index in [1.165, 1.54) is 0 Å². The molecule has 1 fully saturated rings. The van der Waals surface area contributed by atoms with Gasteiger partial charge in [0.05, 0.1) is 12.7 Å². The monoisotopic (exact) mass is 398 g/mol. The standard InChI is InChI=1S/C23H23ClO4/c1-13-11-19(14(2)10-18(13)16-4-6-17(24)7-5-16)20-21(25)23(28-22(20)26)8-9-27-15(3)12-23/h4-7,10-11,15,25H,8-9,12H2,1-3H3. The van der Waals surface area contributed by atoms with Gasteiger partial charge in [-0.25, -0.2) is 4.79 Å². The van der Waals surface area contributed by atoms with Crippen molar-refractivity contribution in [3.63, 3.8) is 0 Å². The van der Waals surface area contributed by atoms with Crippen LogP contribution in [0.3, 0.4) is 0 Å². The molecule has 2 aliphatic rings. The predicted octanol–water partition coefficient (Wildman–Crippen LogP) is 5.39. The number of carbonyl (C=O) groups is 1. The quantitative estimate of drug-likeness (QED) is 0.689. The topological polar surface area (TPSA) is 55.8 Å². The van der Waals surface area contributed by atoms with Crippen molar-refractivity contribution in [3.8, 4) is 11.1 Å². The number of aliphatic hydroxyl groups excluding tert-OH is 1. The number of aryl methyl sites for hydroxylation is 2. The van der Waals surface area contributed by atoms with Gasteiger partial charge in [0, 0.05) is 17.9 Å². The van der Waals surface area contributed by atoms with E-state index in [0.717, 1.165) is 22.3 Å². The van der Waals surface area contributed by atoms with Crippen molar-refractivity contribution in [2.24, 2.45) is 0 Å². The van der Waals surface area contributed by atoms with Crippen LogP contribution >= 0.6 is 11.6 Å². The van der Waals surface area contributed by atoms with Gasteiger partial charge >= 0.3 is 5.97 Å². The fourth-order valence-corrected chi connectivity index (χ4v) is 4.35. The molecule has 2 atom stereocenters. The number of rotatable bonds is 2. The summed E-state index contributed by atoms with van der Waals surface area (Å²) in [4.78, 5) is 12.7. The van der Waals surface area contributed by atoms with Crippen molar-refractivity contribution >= 4 is 23.1 Å². The summed E-state index contributed by atoms with van der Waals surface area (Å²) in [5, 5.41) is 11.7. The molecule has 1 N–H and O–H groups in total. The second-order valence-corrected chi connectivity index (χ2v) is 8.17. The minimum absolute atomic E-state index is 0.0365. The van der Waals surface area contributed by atoms with E-state index in [-0.39, 0.29) is 17.4 Å². The van der Waals surface area contributed by atoms with Gasteiger partial charge in [-0.2, -0.15) is 0 Å². The van der Waals surface area contributed by atoms with Crippen LogP contribution in [0.2, 0.25) is 5.02 Å². The molecule has 0 bridgehead atoms. The lowest BCUT2D eigenvalue weighted by atomic mass is 9.85. The summed E-state index contributed by atoms with van der Waals surface area (Å²) in [6, 6.07) is 11.7. The van der Waals surface area contributed by atoms with Gasteiger partial charge in [-0.1, -0.05) is 35.9 Å². The number of hydrogen-bond acceptors (Lipinski definition) is 4. The minimum atomic E-state index is -0.959. The Hall–Kier alpha value is -2.30. The van der Waals surface area contributed by atoms with Crippen LogP contribution in [0.15, 0.2) is 42.2 Å². The van der Waals surface area contributed by atoms with E-state index in [4.69, 9.17) is 21.1 Å². The molecule has 2 aromatic carbocycles. The Morgan fingerprint density at radius 1 is 1.11 bits per heavy atom. The largest absolute Gasteiger partial charge is 0.507 e. The highest BCUT2D eigenvalue weighted by Gasteiger charge is 2.51.